The van der Waals surface area contributed by atoms with Crippen molar-refractivity contribution >= 4 is 17.2 Å². The second-order valence-electron chi connectivity index (χ2n) is 3.91. The zero-order chi connectivity index (χ0) is 10.8. The summed E-state index contributed by atoms with van der Waals surface area (Å²) in [5, 5.41) is 3.11. The molecule has 4 nitrogen and oxygen atoms in total. The fourth-order valence-corrected chi connectivity index (χ4v) is 2.38. The van der Waals surface area contributed by atoms with Gasteiger partial charge in [-0.05, 0) is 6.92 Å². The maximum absolute atomic E-state index is 11.8. The zero-order valence-electron chi connectivity index (χ0n) is 8.99. The Kier molecular flexibility index (Phi) is 3.02. The van der Waals surface area contributed by atoms with Crippen LogP contribution in [-0.4, -0.2) is 35.9 Å². The zero-order valence-corrected chi connectivity index (χ0v) is 9.80. The van der Waals surface area contributed by atoms with Gasteiger partial charge in [0, 0.05) is 25.0 Å². The summed E-state index contributed by atoms with van der Waals surface area (Å²) in [4.78, 5) is 19.0. The van der Waals surface area contributed by atoms with Crippen LogP contribution in [0.5, 0.6) is 0 Å². The highest BCUT2D eigenvalue weighted by atomic mass is 32.1. The highest BCUT2D eigenvalue weighted by Gasteiger charge is 2.27. The normalized spacial score (nSPS) is 16.1. The summed E-state index contributed by atoms with van der Waals surface area (Å²) in [7, 11) is 1.86. The first-order valence-electron chi connectivity index (χ1n) is 5.03. The minimum atomic E-state index is 0.184. The van der Waals surface area contributed by atoms with Crippen molar-refractivity contribution in [1.29, 1.82) is 0 Å². The summed E-state index contributed by atoms with van der Waals surface area (Å²) >= 11 is 1.61. The predicted molar refractivity (Wildman–Crippen MR) is 59.7 cm³/mol. The third-order valence-electron chi connectivity index (χ3n) is 2.73. The molecule has 1 aliphatic rings. The topological polar surface area (TPSA) is 45.2 Å². The van der Waals surface area contributed by atoms with Crippen molar-refractivity contribution in [2.24, 2.45) is 5.92 Å². The van der Waals surface area contributed by atoms with Gasteiger partial charge in [0.25, 0.3) is 0 Å². The van der Waals surface area contributed by atoms with Crippen LogP contribution < -0.4 is 5.32 Å². The van der Waals surface area contributed by atoms with Crippen LogP contribution in [0.4, 0.5) is 0 Å². The van der Waals surface area contributed by atoms with E-state index in [1.807, 2.05) is 19.5 Å². The van der Waals surface area contributed by atoms with Crippen LogP contribution in [0.2, 0.25) is 0 Å². The molecule has 1 aromatic heterocycles. The van der Waals surface area contributed by atoms with Crippen LogP contribution in [0.3, 0.4) is 0 Å². The fourth-order valence-electron chi connectivity index (χ4n) is 1.55. The molecule has 2 rings (SSSR count). The molecule has 2 heterocycles. The Morgan fingerprint density at radius 1 is 1.73 bits per heavy atom. The first-order chi connectivity index (χ1) is 7.18. The number of nitrogens with one attached hydrogen (secondary N) is 1. The Labute approximate surface area is 93.3 Å². The number of amides is 1. The highest BCUT2D eigenvalue weighted by Crippen LogP contribution is 2.16. The van der Waals surface area contributed by atoms with E-state index in [0.29, 0.717) is 6.54 Å². The molecule has 0 bridgehead atoms. The van der Waals surface area contributed by atoms with Gasteiger partial charge >= 0.3 is 0 Å². The number of hydrogen-bond acceptors (Lipinski definition) is 4. The Morgan fingerprint density at radius 3 is 2.93 bits per heavy atom. The van der Waals surface area contributed by atoms with Gasteiger partial charge in [-0.15, -0.1) is 11.3 Å². The quantitative estimate of drug-likeness (QED) is 0.820. The lowest BCUT2D eigenvalue weighted by molar-refractivity contribution is -0.136. The van der Waals surface area contributed by atoms with Crippen molar-refractivity contribution in [1.82, 2.24) is 15.2 Å². The monoisotopic (exact) mass is 225 g/mol. The standard InChI is InChI=1S/C10H15N3OS/c1-7-9(15-6-12-7)5-13(2)10(14)8-3-11-4-8/h6,8,11H,3-5H2,1-2H3. The van der Waals surface area contributed by atoms with Gasteiger partial charge < -0.3 is 10.2 Å². The molecule has 5 heteroatoms. The summed E-state index contributed by atoms with van der Waals surface area (Å²) in [5.74, 6) is 0.421. The molecule has 0 radical (unpaired) electrons. The molecule has 1 aromatic rings. The van der Waals surface area contributed by atoms with Crippen molar-refractivity contribution in [2.75, 3.05) is 20.1 Å². The number of thiazole rings is 1. The Balaban J connectivity index is 1.94. The van der Waals surface area contributed by atoms with Crippen LogP contribution >= 0.6 is 11.3 Å². The Morgan fingerprint density at radius 2 is 2.47 bits per heavy atom. The van der Waals surface area contributed by atoms with Gasteiger partial charge in [0.15, 0.2) is 0 Å². The van der Waals surface area contributed by atoms with E-state index in [0.717, 1.165) is 18.8 Å². The molecule has 0 aliphatic carbocycles. The lowest BCUT2D eigenvalue weighted by atomic mass is 10.0. The van der Waals surface area contributed by atoms with Gasteiger partial charge in [-0.2, -0.15) is 0 Å². The smallest absolute Gasteiger partial charge is 0.228 e. The average Bonchev–Trinajstić information content (AvgIpc) is 2.49. The molecule has 1 amide bonds. The van der Waals surface area contributed by atoms with E-state index < -0.39 is 0 Å². The third kappa shape index (κ3) is 2.18. The second kappa shape index (κ2) is 4.28. The molecule has 0 atom stereocenters. The largest absolute Gasteiger partial charge is 0.340 e. The number of carbonyl (C=O) groups excluding carboxylic acids is 1. The molecular weight excluding hydrogens is 210 g/mol. The lowest BCUT2D eigenvalue weighted by Crippen LogP contribution is -2.50. The number of nitrogens with zero attached hydrogens (tertiary/aromatic N) is 2. The first-order valence-corrected chi connectivity index (χ1v) is 5.91. The summed E-state index contributed by atoms with van der Waals surface area (Å²) in [6.07, 6.45) is 0. The number of aromatic nitrogens is 1. The number of carbonyl (C=O) groups is 1. The third-order valence-corrected chi connectivity index (χ3v) is 3.65. The highest BCUT2D eigenvalue weighted by molar-refractivity contribution is 7.09. The second-order valence-corrected chi connectivity index (χ2v) is 4.85. The minimum Gasteiger partial charge on any atom is -0.340 e. The van der Waals surface area contributed by atoms with E-state index in [9.17, 15) is 4.79 Å². The molecule has 15 heavy (non-hydrogen) atoms. The van der Waals surface area contributed by atoms with Crippen LogP contribution in [0, 0.1) is 12.8 Å². The molecule has 1 N–H and O–H groups in total. The Hall–Kier alpha value is -0.940. The van der Waals surface area contributed by atoms with E-state index in [2.05, 4.69) is 10.3 Å². The molecule has 0 aromatic carbocycles. The minimum absolute atomic E-state index is 0.184. The van der Waals surface area contributed by atoms with Crippen molar-refractivity contribution in [3.8, 4) is 0 Å². The molecule has 0 unspecified atom stereocenters. The van der Waals surface area contributed by atoms with E-state index >= 15 is 0 Å². The number of aryl methyl sites for hydroxylation is 1. The van der Waals surface area contributed by atoms with Gasteiger partial charge in [0.1, 0.15) is 0 Å². The summed E-state index contributed by atoms with van der Waals surface area (Å²) in [6, 6.07) is 0. The van der Waals surface area contributed by atoms with E-state index in [4.69, 9.17) is 0 Å². The van der Waals surface area contributed by atoms with Gasteiger partial charge in [-0.3, -0.25) is 4.79 Å². The van der Waals surface area contributed by atoms with Crippen LogP contribution in [0.15, 0.2) is 5.51 Å². The van der Waals surface area contributed by atoms with Crippen molar-refractivity contribution < 1.29 is 4.79 Å². The average molecular weight is 225 g/mol. The lowest BCUT2D eigenvalue weighted by Gasteiger charge is -2.30. The SMILES string of the molecule is Cc1ncsc1CN(C)C(=O)C1CNC1. The van der Waals surface area contributed by atoms with Crippen molar-refractivity contribution in [3.63, 3.8) is 0 Å². The summed E-state index contributed by atoms with van der Waals surface area (Å²) in [6.45, 7) is 4.32. The van der Waals surface area contributed by atoms with Gasteiger partial charge in [0.05, 0.1) is 23.7 Å². The Bertz CT molecular complexity index is 359. The number of rotatable bonds is 3. The van der Waals surface area contributed by atoms with Gasteiger partial charge in [-0.25, -0.2) is 4.98 Å². The molecule has 0 spiro atoms. The molecule has 82 valence electrons. The number of hydrogen-bond donors (Lipinski definition) is 1. The molecule has 1 aliphatic heterocycles. The molecule has 1 saturated heterocycles. The summed E-state index contributed by atoms with van der Waals surface area (Å²) < 4.78 is 0. The predicted octanol–water partition coefficient (Wildman–Crippen LogP) is 0.629. The van der Waals surface area contributed by atoms with Crippen molar-refractivity contribution in [3.05, 3.63) is 16.1 Å². The van der Waals surface area contributed by atoms with E-state index in [-0.39, 0.29) is 11.8 Å². The maximum atomic E-state index is 11.8. The molecule has 1 fully saturated rings. The fraction of sp³-hybridized carbons (Fsp3) is 0.600. The van der Waals surface area contributed by atoms with E-state index in [1.165, 1.54) is 4.88 Å². The summed E-state index contributed by atoms with van der Waals surface area (Å²) in [5.41, 5.74) is 2.86. The van der Waals surface area contributed by atoms with Gasteiger partial charge in [-0.1, -0.05) is 0 Å². The van der Waals surface area contributed by atoms with Gasteiger partial charge in [0.2, 0.25) is 5.91 Å². The van der Waals surface area contributed by atoms with Crippen LogP contribution in [0.25, 0.3) is 0 Å². The van der Waals surface area contributed by atoms with Crippen LogP contribution in [-0.2, 0) is 11.3 Å². The maximum Gasteiger partial charge on any atom is 0.228 e. The molecule has 0 saturated carbocycles. The first kappa shape index (κ1) is 10.6. The van der Waals surface area contributed by atoms with E-state index in [1.54, 1.807) is 16.2 Å². The van der Waals surface area contributed by atoms with Crippen LogP contribution in [0.1, 0.15) is 10.6 Å². The van der Waals surface area contributed by atoms with Crippen molar-refractivity contribution in [2.45, 2.75) is 13.5 Å². The molecular formula is C10H15N3OS.